The number of benzene rings is 2. The Kier molecular flexibility index (Phi) is 15.7. The van der Waals surface area contributed by atoms with Crippen LogP contribution in [0.5, 0.6) is 0 Å². The summed E-state index contributed by atoms with van der Waals surface area (Å²) in [6.07, 6.45) is 5.20. The van der Waals surface area contributed by atoms with Gasteiger partial charge in [0.25, 0.3) is 20.0 Å². The molecule has 0 aliphatic carbocycles. The molecule has 2 saturated heterocycles. The van der Waals surface area contributed by atoms with Crippen molar-refractivity contribution in [2.45, 2.75) is 59.2 Å². The molecule has 4 heterocycles. The molecule has 60 heavy (non-hydrogen) atoms. The third-order valence-electron chi connectivity index (χ3n) is 11.0. The molecule has 1 unspecified atom stereocenters. The molecule has 13 nitrogen and oxygen atoms in total. The lowest BCUT2D eigenvalue weighted by Gasteiger charge is -2.34. The number of sulfonamides is 2. The van der Waals surface area contributed by atoms with Gasteiger partial charge >= 0.3 is 0 Å². The van der Waals surface area contributed by atoms with Crippen LogP contribution < -0.4 is 30.6 Å². The molecule has 1 atom stereocenters. The van der Waals surface area contributed by atoms with E-state index in [9.17, 15) is 21.9 Å². The van der Waals surface area contributed by atoms with E-state index < -0.39 is 26.2 Å². The molecule has 4 aromatic rings. The fourth-order valence-corrected chi connectivity index (χ4v) is 10.6. The van der Waals surface area contributed by atoms with Crippen LogP contribution in [0.1, 0.15) is 51.2 Å². The monoisotopic (exact) mass is 856 g/mol. The van der Waals surface area contributed by atoms with Crippen LogP contribution in [-0.4, -0.2) is 123 Å². The molecule has 322 valence electrons. The SMILES string of the molecule is C=c1cccn/c1=C(/C/C=c1/cccn/c1=C(/C(C)O)S(=O)(=O)Nc1ccc(CN2CCN(CCC)CC2)cc1)S(=O)(=O)Nc1ccc(CN2CCN(CCC)CC2)cc1. The van der Waals surface area contributed by atoms with Gasteiger partial charge in [-0.05, 0) is 90.8 Å². The first kappa shape index (κ1) is 45.1. The standard InChI is InChI=1S/C45H60N8O5S2/c1-5-23-50-25-29-52(30-26-50)33-37-11-16-40(17-12-37)48-59(55,56)42(43-35(3)9-7-21-46-43)20-15-39-10-8-22-47-44(39)45(36(4)54)60(57,58)49-41-18-13-38(14-19-41)34-53-31-27-51(24-6-2)28-32-53/h7-19,21-22,36,48-49,54H,3,5-6,20,23-34H2,1-2,4H3/b39-15-,43-42-,45-44-. The van der Waals surface area contributed by atoms with Crippen molar-refractivity contribution >= 4 is 53.9 Å². The van der Waals surface area contributed by atoms with Gasteiger partial charge in [0, 0.05) is 95.6 Å². The van der Waals surface area contributed by atoms with Gasteiger partial charge in [0.1, 0.15) is 4.91 Å². The average Bonchev–Trinajstić information content (AvgIpc) is 3.22. The summed E-state index contributed by atoms with van der Waals surface area (Å²) in [6.45, 7) is 21.7. The van der Waals surface area contributed by atoms with Gasteiger partial charge in [-0.3, -0.25) is 29.2 Å². The Hall–Kier alpha value is -4.48. The quantitative estimate of drug-likeness (QED) is 0.144. The van der Waals surface area contributed by atoms with Crippen LogP contribution in [0.3, 0.4) is 0 Å². The van der Waals surface area contributed by atoms with Crippen molar-refractivity contribution in [1.82, 2.24) is 29.6 Å². The van der Waals surface area contributed by atoms with E-state index in [0.29, 0.717) is 21.8 Å². The predicted molar refractivity (Wildman–Crippen MR) is 242 cm³/mol. The zero-order chi connectivity index (χ0) is 42.7. The molecule has 0 spiro atoms. The van der Waals surface area contributed by atoms with Crippen LogP contribution in [0.15, 0.2) is 85.2 Å². The molecular weight excluding hydrogens is 797 g/mol. The summed E-state index contributed by atoms with van der Waals surface area (Å²) >= 11 is 0. The maximum absolute atomic E-state index is 14.2. The van der Waals surface area contributed by atoms with E-state index in [0.717, 1.165) is 103 Å². The molecule has 0 radical (unpaired) electrons. The van der Waals surface area contributed by atoms with Gasteiger partial charge in [-0.2, -0.15) is 0 Å². The van der Waals surface area contributed by atoms with Crippen molar-refractivity contribution in [2.24, 2.45) is 0 Å². The third-order valence-corrected chi connectivity index (χ3v) is 14.1. The number of aliphatic hydroxyl groups is 1. The first-order valence-electron chi connectivity index (χ1n) is 20.9. The minimum absolute atomic E-state index is 0.00164. The summed E-state index contributed by atoms with van der Waals surface area (Å²) in [7, 11) is -8.54. The highest BCUT2D eigenvalue weighted by atomic mass is 32.2. The second kappa shape index (κ2) is 20.9. The van der Waals surface area contributed by atoms with Crippen molar-refractivity contribution < 1.29 is 21.9 Å². The van der Waals surface area contributed by atoms with Gasteiger partial charge in [0.05, 0.1) is 21.7 Å². The van der Waals surface area contributed by atoms with E-state index in [1.54, 1.807) is 54.6 Å². The first-order chi connectivity index (χ1) is 28.8. The lowest BCUT2D eigenvalue weighted by molar-refractivity contribution is 0.127. The molecule has 0 saturated carbocycles. The second-order valence-corrected chi connectivity index (χ2v) is 19.0. The van der Waals surface area contributed by atoms with Crippen LogP contribution in [0.2, 0.25) is 0 Å². The van der Waals surface area contributed by atoms with Crippen molar-refractivity contribution in [2.75, 3.05) is 74.9 Å². The third kappa shape index (κ3) is 12.1. The Labute approximate surface area is 355 Å². The molecule has 15 heteroatoms. The number of hydrogen-bond donors (Lipinski definition) is 3. The molecule has 2 fully saturated rings. The van der Waals surface area contributed by atoms with E-state index in [-0.39, 0.29) is 26.9 Å². The summed E-state index contributed by atoms with van der Waals surface area (Å²) in [5, 5.41) is 11.9. The highest BCUT2D eigenvalue weighted by Gasteiger charge is 2.26. The van der Waals surface area contributed by atoms with Crippen molar-refractivity contribution in [3.63, 3.8) is 0 Å². The summed E-state index contributed by atoms with van der Waals surface area (Å²) in [5.41, 5.74) is 2.90. The smallest absolute Gasteiger partial charge is 0.262 e. The van der Waals surface area contributed by atoms with Gasteiger partial charge in [-0.15, -0.1) is 0 Å². The summed E-state index contributed by atoms with van der Waals surface area (Å²) in [5.74, 6) is 0. The number of aromatic nitrogens is 2. The van der Waals surface area contributed by atoms with Crippen molar-refractivity contribution in [3.05, 3.63) is 117 Å². The number of anilines is 2. The number of nitrogens with one attached hydrogen (secondary N) is 2. The van der Waals surface area contributed by atoms with Crippen LogP contribution in [-0.2, 0) is 33.1 Å². The summed E-state index contributed by atoms with van der Waals surface area (Å²) < 4.78 is 61.8. The van der Waals surface area contributed by atoms with Crippen LogP contribution in [0.25, 0.3) is 22.5 Å². The zero-order valence-corrected chi connectivity index (χ0v) is 36.8. The molecular formula is C45H60N8O5S2. The number of nitrogens with zero attached hydrogens (tertiary/aromatic N) is 6. The Morgan fingerprint density at radius 2 is 1.13 bits per heavy atom. The zero-order valence-electron chi connectivity index (χ0n) is 35.1. The van der Waals surface area contributed by atoms with Gasteiger partial charge in [-0.25, -0.2) is 16.8 Å². The van der Waals surface area contributed by atoms with Crippen LogP contribution in [0.4, 0.5) is 11.4 Å². The average molecular weight is 857 g/mol. The largest absolute Gasteiger partial charge is 0.388 e. The molecule has 2 aromatic carbocycles. The van der Waals surface area contributed by atoms with Gasteiger partial charge in [-0.1, -0.05) is 62.9 Å². The fourth-order valence-electron chi connectivity index (χ4n) is 7.84. The minimum atomic E-state index is -4.33. The van der Waals surface area contributed by atoms with E-state index in [2.05, 4.69) is 59.4 Å². The summed E-state index contributed by atoms with van der Waals surface area (Å²) in [6, 6.07) is 21.3. The van der Waals surface area contributed by atoms with Crippen molar-refractivity contribution in [3.8, 4) is 0 Å². The van der Waals surface area contributed by atoms with E-state index in [4.69, 9.17) is 0 Å². The van der Waals surface area contributed by atoms with E-state index in [1.165, 1.54) is 19.3 Å². The maximum atomic E-state index is 14.2. The number of rotatable bonds is 17. The second-order valence-electron chi connectivity index (χ2n) is 15.7. The van der Waals surface area contributed by atoms with Crippen LogP contribution >= 0.6 is 0 Å². The Morgan fingerprint density at radius 1 is 0.683 bits per heavy atom. The maximum Gasteiger partial charge on any atom is 0.262 e. The van der Waals surface area contributed by atoms with Gasteiger partial charge < -0.3 is 14.9 Å². The van der Waals surface area contributed by atoms with Crippen LogP contribution in [0, 0.1) is 0 Å². The Bertz CT molecular complexity index is 2500. The molecule has 0 bridgehead atoms. The van der Waals surface area contributed by atoms with Crippen molar-refractivity contribution in [1.29, 1.82) is 0 Å². The molecule has 2 aliphatic heterocycles. The van der Waals surface area contributed by atoms with E-state index in [1.807, 2.05) is 24.3 Å². The molecule has 6 rings (SSSR count). The minimum Gasteiger partial charge on any atom is -0.388 e. The number of pyridine rings is 2. The molecule has 0 amide bonds. The normalized spacial score (nSPS) is 18.2. The number of hydrogen-bond acceptors (Lipinski definition) is 11. The number of piperazine rings is 2. The van der Waals surface area contributed by atoms with Gasteiger partial charge in [0.15, 0.2) is 0 Å². The van der Waals surface area contributed by atoms with E-state index >= 15 is 0 Å². The lowest BCUT2D eigenvalue weighted by atomic mass is 10.2. The highest BCUT2D eigenvalue weighted by Crippen LogP contribution is 2.21. The highest BCUT2D eigenvalue weighted by molar-refractivity contribution is 8.01. The number of aliphatic hydroxyl groups excluding tert-OH is 1. The molecule has 2 aromatic heterocycles. The predicted octanol–water partition coefficient (Wildman–Crippen LogP) is 2.29. The molecule has 3 N–H and O–H groups in total. The topological polar surface area (TPSA) is 151 Å². The summed E-state index contributed by atoms with van der Waals surface area (Å²) in [4.78, 5) is 18.2. The Balaban J connectivity index is 1.23. The first-order valence-corrected chi connectivity index (χ1v) is 23.9. The lowest BCUT2D eigenvalue weighted by Crippen LogP contribution is -2.45. The van der Waals surface area contributed by atoms with Gasteiger partial charge in [0.2, 0.25) is 0 Å². The fraction of sp³-hybridized carbons (Fsp3) is 0.422. The molecule has 2 aliphatic rings. The Morgan fingerprint density at radius 3 is 1.60 bits per heavy atom.